The predicted octanol–water partition coefficient (Wildman–Crippen LogP) is 2.79. The molecule has 1 aromatic carbocycles. The summed E-state index contributed by atoms with van der Waals surface area (Å²) in [5.74, 6) is -0.0374. The molecule has 0 saturated carbocycles. The zero-order chi connectivity index (χ0) is 13.3. The standard InChI is InChI=1S/C12H14Cl2N2O2/c13-9-2-1-7(5-10(9)14)8-6-16(12(17)18)4-3-11(8)15/h1-2,5,8,11H,3-4,6,15H2,(H,17,18)/t8-,11+/m0/s1. The smallest absolute Gasteiger partial charge is 0.407 e. The first kappa shape index (κ1) is 13.5. The van der Waals surface area contributed by atoms with Crippen molar-refractivity contribution in [2.45, 2.75) is 18.4 Å². The first-order valence-corrected chi connectivity index (χ1v) is 6.43. The van der Waals surface area contributed by atoms with Crippen LogP contribution in [-0.4, -0.2) is 35.2 Å². The summed E-state index contributed by atoms with van der Waals surface area (Å²) in [5.41, 5.74) is 7.00. The summed E-state index contributed by atoms with van der Waals surface area (Å²) < 4.78 is 0. The van der Waals surface area contributed by atoms with E-state index < -0.39 is 6.09 Å². The average Bonchev–Trinajstić information content (AvgIpc) is 2.33. The second-order valence-electron chi connectivity index (χ2n) is 4.46. The minimum Gasteiger partial charge on any atom is -0.465 e. The van der Waals surface area contributed by atoms with E-state index in [1.165, 1.54) is 4.90 Å². The van der Waals surface area contributed by atoms with E-state index in [0.717, 1.165) is 5.56 Å². The number of piperidine rings is 1. The van der Waals surface area contributed by atoms with Crippen LogP contribution in [0.25, 0.3) is 0 Å². The van der Waals surface area contributed by atoms with Gasteiger partial charge in [-0.25, -0.2) is 4.79 Å². The summed E-state index contributed by atoms with van der Waals surface area (Å²) in [6.07, 6.45) is -0.260. The Kier molecular flexibility index (Phi) is 4.00. The van der Waals surface area contributed by atoms with Gasteiger partial charge in [0.2, 0.25) is 0 Å². The Bertz CT molecular complexity index is 467. The van der Waals surface area contributed by atoms with E-state index in [9.17, 15) is 4.79 Å². The molecule has 0 aromatic heterocycles. The van der Waals surface area contributed by atoms with Crippen LogP contribution in [0, 0.1) is 0 Å². The third-order valence-corrected chi connectivity index (χ3v) is 4.05. The first-order chi connectivity index (χ1) is 8.49. The zero-order valence-corrected chi connectivity index (χ0v) is 11.2. The van der Waals surface area contributed by atoms with Crippen molar-refractivity contribution in [3.8, 4) is 0 Å². The lowest BCUT2D eigenvalue weighted by Gasteiger charge is -2.35. The fourth-order valence-corrected chi connectivity index (χ4v) is 2.55. The van der Waals surface area contributed by atoms with Gasteiger partial charge in [0.15, 0.2) is 0 Å². The van der Waals surface area contributed by atoms with Crippen LogP contribution in [0.15, 0.2) is 18.2 Å². The number of benzene rings is 1. The van der Waals surface area contributed by atoms with Crippen molar-refractivity contribution in [2.75, 3.05) is 13.1 Å². The van der Waals surface area contributed by atoms with Crippen LogP contribution in [0.5, 0.6) is 0 Å². The zero-order valence-electron chi connectivity index (χ0n) is 9.64. The van der Waals surface area contributed by atoms with Gasteiger partial charge in [-0.05, 0) is 24.1 Å². The van der Waals surface area contributed by atoms with Crippen LogP contribution in [-0.2, 0) is 0 Å². The monoisotopic (exact) mass is 288 g/mol. The molecule has 1 amide bonds. The van der Waals surface area contributed by atoms with Crippen molar-refractivity contribution >= 4 is 29.3 Å². The Morgan fingerprint density at radius 2 is 2.11 bits per heavy atom. The summed E-state index contributed by atoms with van der Waals surface area (Å²) in [4.78, 5) is 12.4. The Hall–Kier alpha value is -0.970. The number of nitrogens with two attached hydrogens (primary N) is 1. The minimum atomic E-state index is -0.910. The maximum absolute atomic E-state index is 11.0. The summed E-state index contributed by atoms with van der Waals surface area (Å²) >= 11 is 11.8. The number of halogens is 2. The van der Waals surface area contributed by atoms with Crippen LogP contribution < -0.4 is 5.73 Å². The Morgan fingerprint density at radius 3 is 2.72 bits per heavy atom. The number of carbonyl (C=O) groups is 1. The van der Waals surface area contributed by atoms with Gasteiger partial charge in [0, 0.05) is 25.0 Å². The SMILES string of the molecule is N[C@@H]1CCN(C(=O)O)C[C@H]1c1ccc(Cl)c(Cl)c1. The third-order valence-electron chi connectivity index (χ3n) is 3.31. The van der Waals surface area contributed by atoms with Crippen LogP contribution >= 0.6 is 23.2 Å². The molecule has 6 heteroatoms. The highest BCUT2D eigenvalue weighted by atomic mass is 35.5. The summed E-state index contributed by atoms with van der Waals surface area (Å²) in [6.45, 7) is 0.878. The molecule has 0 unspecified atom stereocenters. The molecule has 3 N–H and O–H groups in total. The number of carboxylic acid groups (broad SMARTS) is 1. The molecule has 1 saturated heterocycles. The number of amides is 1. The fraction of sp³-hybridized carbons (Fsp3) is 0.417. The molecule has 2 rings (SSSR count). The molecular formula is C12H14Cl2N2O2. The average molecular weight is 289 g/mol. The summed E-state index contributed by atoms with van der Waals surface area (Å²) in [5, 5.41) is 9.98. The van der Waals surface area contributed by atoms with E-state index >= 15 is 0 Å². The normalized spacial score (nSPS) is 24.1. The largest absolute Gasteiger partial charge is 0.465 e. The number of hydrogen-bond acceptors (Lipinski definition) is 2. The topological polar surface area (TPSA) is 66.6 Å². The van der Waals surface area contributed by atoms with E-state index in [4.69, 9.17) is 34.0 Å². The molecule has 0 bridgehead atoms. The van der Waals surface area contributed by atoms with E-state index in [-0.39, 0.29) is 12.0 Å². The van der Waals surface area contributed by atoms with Gasteiger partial charge in [0.05, 0.1) is 10.0 Å². The molecule has 1 fully saturated rings. The van der Waals surface area contributed by atoms with Gasteiger partial charge in [-0.1, -0.05) is 29.3 Å². The van der Waals surface area contributed by atoms with Crippen molar-refractivity contribution < 1.29 is 9.90 Å². The van der Waals surface area contributed by atoms with Crippen LogP contribution in [0.1, 0.15) is 17.9 Å². The number of hydrogen-bond donors (Lipinski definition) is 2. The molecule has 0 spiro atoms. The molecule has 4 nitrogen and oxygen atoms in total. The van der Waals surface area contributed by atoms with E-state index in [2.05, 4.69) is 0 Å². The van der Waals surface area contributed by atoms with Crippen molar-refractivity contribution in [3.63, 3.8) is 0 Å². The molecule has 98 valence electrons. The van der Waals surface area contributed by atoms with Gasteiger partial charge in [-0.2, -0.15) is 0 Å². The molecule has 2 atom stereocenters. The Morgan fingerprint density at radius 1 is 1.39 bits per heavy atom. The number of likely N-dealkylation sites (tertiary alicyclic amines) is 1. The molecule has 1 heterocycles. The van der Waals surface area contributed by atoms with Crippen LogP contribution in [0.3, 0.4) is 0 Å². The van der Waals surface area contributed by atoms with E-state index in [1.807, 2.05) is 6.07 Å². The quantitative estimate of drug-likeness (QED) is 0.835. The second kappa shape index (κ2) is 5.34. The van der Waals surface area contributed by atoms with Crippen molar-refractivity contribution in [2.24, 2.45) is 5.73 Å². The Balaban J connectivity index is 2.24. The highest BCUT2D eigenvalue weighted by Gasteiger charge is 2.30. The lowest BCUT2D eigenvalue weighted by atomic mass is 9.87. The lowest BCUT2D eigenvalue weighted by Crippen LogP contribution is -2.47. The van der Waals surface area contributed by atoms with Crippen LogP contribution in [0.4, 0.5) is 4.79 Å². The highest BCUT2D eigenvalue weighted by molar-refractivity contribution is 6.42. The van der Waals surface area contributed by atoms with E-state index in [0.29, 0.717) is 29.6 Å². The molecule has 0 aliphatic carbocycles. The highest BCUT2D eigenvalue weighted by Crippen LogP contribution is 2.31. The Labute approximate surface area is 115 Å². The van der Waals surface area contributed by atoms with Gasteiger partial charge in [0.1, 0.15) is 0 Å². The maximum atomic E-state index is 11.0. The second-order valence-corrected chi connectivity index (χ2v) is 5.28. The van der Waals surface area contributed by atoms with Crippen molar-refractivity contribution in [1.82, 2.24) is 4.90 Å². The molecule has 0 radical (unpaired) electrons. The molecule has 1 aliphatic rings. The number of nitrogens with zero attached hydrogens (tertiary/aromatic N) is 1. The molecular weight excluding hydrogens is 275 g/mol. The summed E-state index contributed by atoms with van der Waals surface area (Å²) in [7, 11) is 0. The van der Waals surface area contributed by atoms with Gasteiger partial charge in [0.25, 0.3) is 0 Å². The molecule has 1 aromatic rings. The molecule has 18 heavy (non-hydrogen) atoms. The maximum Gasteiger partial charge on any atom is 0.407 e. The minimum absolute atomic E-state index is 0.0374. The van der Waals surface area contributed by atoms with E-state index in [1.54, 1.807) is 12.1 Å². The first-order valence-electron chi connectivity index (χ1n) is 5.67. The van der Waals surface area contributed by atoms with Gasteiger partial charge < -0.3 is 15.7 Å². The lowest BCUT2D eigenvalue weighted by molar-refractivity contribution is 0.126. The molecule has 1 aliphatic heterocycles. The number of rotatable bonds is 1. The van der Waals surface area contributed by atoms with Crippen molar-refractivity contribution in [1.29, 1.82) is 0 Å². The third kappa shape index (κ3) is 2.71. The van der Waals surface area contributed by atoms with Gasteiger partial charge in [-0.3, -0.25) is 0 Å². The fourth-order valence-electron chi connectivity index (χ4n) is 2.24. The van der Waals surface area contributed by atoms with Gasteiger partial charge in [-0.15, -0.1) is 0 Å². The predicted molar refractivity (Wildman–Crippen MR) is 71.4 cm³/mol. The van der Waals surface area contributed by atoms with Crippen LogP contribution in [0.2, 0.25) is 10.0 Å². The van der Waals surface area contributed by atoms with Crippen molar-refractivity contribution in [3.05, 3.63) is 33.8 Å². The van der Waals surface area contributed by atoms with Gasteiger partial charge >= 0.3 is 6.09 Å². The summed E-state index contributed by atoms with van der Waals surface area (Å²) in [6, 6.07) is 5.27.